The Bertz CT molecular complexity index is 243. The van der Waals surface area contributed by atoms with Crippen molar-refractivity contribution in [2.75, 3.05) is 19.7 Å². The molecule has 94 valence electrons. The van der Waals surface area contributed by atoms with Crippen molar-refractivity contribution < 1.29 is 9.90 Å². The fraction of sp³-hybridized carbons (Fsp3) is 0.917. The third-order valence-electron chi connectivity index (χ3n) is 3.73. The van der Waals surface area contributed by atoms with Crippen LogP contribution in [0.5, 0.6) is 0 Å². The number of hydrogen-bond donors (Lipinski definition) is 2. The van der Waals surface area contributed by atoms with Crippen LogP contribution in [0.1, 0.15) is 27.2 Å². The van der Waals surface area contributed by atoms with E-state index in [2.05, 4.69) is 6.92 Å². The molecule has 1 heterocycles. The fourth-order valence-corrected chi connectivity index (χ4v) is 2.43. The van der Waals surface area contributed by atoms with Crippen molar-refractivity contribution in [2.24, 2.45) is 23.5 Å². The number of hydrogen-bond acceptors (Lipinski definition) is 3. The second kappa shape index (κ2) is 5.64. The van der Waals surface area contributed by atoms with Crippen molar-refractivity contribution in [3.8, 4) is 0 Å². The molecule has 0 aliphatic carbocycles. The van der Waals surface area contributed by atoms with Crippen molar-refractivity contribution in [3.63, 3.8) is 0 Å². The smallest absolute Gasteiger partial charge is 0.227 e. The molecule has 1 amide bonds. The Balaban J connectivity index is 2.73. The molecule has 1 rings (SSSR count). The van der Waals surface area contributed by atoms with E-state index in [9.17, 15) is 9.90 Å². The molecule has 1 aliphatic rings. The summed E-state index contributed by atoms with van der Waals surface area (Å²) in [5, 5.41) is 9.32. The van der Waals surface area contributed by atoms with Gasteiger partial charge in [0.1, 0.15) is 0 Å². The van der Waals surface area contributed by atoms with Gasteiger partial charge in [-0.3, -0.25) is 4.79 Å². The highest BCUT2D eigenvalue weighted by atomic mass is 16.3. The normalized spacial score (nSPS) is 27.5. The first-order valence-electron chi connectivity index (χ1n) is 6.14. The van der Waals surface area contributed by atoms with E-state index in [1.807, 2.05) is 18.7 Å². The van der Waals surface area contributed by atoms with Gasteiger partial charge in [0.2, 0.25) is 5.91 Å². The summed E-state index contributed by atoms with van der Waals surface area (Å²) in [6.07, 6.45) is 0.979. The quantitative estimate of drug-likeness (QED) is 0.734. The molecule has 3 unspecified atom stereocenters. The summed E-state index contributed by atoms with van der Waals surface area (Å²) in [4.78, 5) is 14.1. The largest absolute Gasteiger partial charge is 0.394 e. The molecule has 0 spiro atoms. The lowest BCUT2D eigenvalue weighted by Crippen LogP contribution is -2.46. The highest BCUT2D eigenvalue weighted by Crippen LogP contribution is 2.26. The fourth-order valence-electron chi connectivity index (χ4n) is 2.43. The number of carbonyl (C=O) groups excluding carboxylic acids is 1. The molecule has 0 saturated carbocycles. The summed E-state index contributed by atoms with van der Waals surface area (Å²) < 4.78 is 0. The lowest BCUT2D eigenvalue weighted by Gasteiger charge is -2.30. The zero-order valence-electron chi connectivity index (χ0n) is 10.5. The molecule has 0 aromatic heterocycles. The van der Waals surface area contributed by atoms with Crippen LogP contribution >= 0.6 is 0 Å². The van der Waals surface area contributed by atoms with E-state index in [0.717, 1.165) is 13.0 Å². The molecule has 1 fully saturated rings. The first-order chi connectivity index (χ1) is 7.52. The van der Waals surface area contributed by atoms with Crippen molar-refractivity contribution in [2.45, 2.75) is 33.2 Å². The molecular weight excluding hydrogens is 204 g/mol. The van der Waals surface area contributed by atoms with Gasteiger partial charge in [-0.25, -0.2) is 0 Å². The molecule has 1 aliphatic heterocycles. The number of aliphatic hydroxyl groups is 1. The molecule has 4 nitrogen and oxygen atoms in total. The van der Waals surface area contributed by atoms with Gasteiger partial charge >= 0.3 is 0 Å². The van der Waals surface area contributed by atoms with Crippen molar-refractivity contribution in [1.82, 2.24) is 4.90 Å². The third-order valence-corrected chi connectivity index (χ3v) is 3.73. The first-order valence-corrected chi connectivity index (χ1v) is 6.14. The van der Waals surface area contributed by atoms with Crippen LogP contribution < -0.4 is 5.73 Å². The van der Waals surface area contributed by atoms with Crippen molar-refractivity contribution in [3.05, 3.63) is 0 Å². The Morgan fingerprint density at radius 3 is 2.62 bits per heavy atom. The van der Waals surface area contributed by atoms with Crippen molar-refractivity contribution >= 4 is 5.91 Å². The molecular formula is C12H24N2O2. The van der Waals surface area contributed by atoms with Gasteiger partial charge in [-0.15, -0.1) is 0 Å². The second-order valence-corrected chi connectivity index (χ2v) is 5.13. The van der Waals surface area contributed by atoms with Crippen LogP contribution in [0.15, 0.2) is 0 Å². The molecule has 16 heavy (non-hydrogen) atoms. The highest BCUT2D eigenvalue weighted by Gasteiger charge is 2.37. The van der Waals surface area contributed by atoms with Crippen molar-refractivity contribution in [1.29, 1.82) is 0 Å². The summed E-state index contributed by atoms with van der Waals surface area (Å²) in [5.74, 6) is 0.646. The van der Waals surface area contributed by atoms with Crippen LogP contribution in [0.3, 0.4) is 0 Å². The van der Waals surface area contributed by atoms with E-state index in [4.69, 9.17) is 5.73 Å². The second-order valence-electron chi connectivity index (χ2n) is 5.13. The molecule has 1 saturated heterocycles. The Labute approximate surface area is 97.8 Å². The third kappa shape index (κ3) is 2.55. The minimum Gasteiger partial charge on any atom is -0.394 e. The predicted molar refractivity (Wildman–Crippen MR) is 63.8 cm³/mol. The summed E-state index contributed by atoms with van der Waals surface area (Å²) in [6.45, 7) is 7.32. The van der Waals surface area contributed by atoms with Crippen LogP contribution in [0.25, 0.3) is 0 Å². The molecule has 0 aromatic carbocycles. The maximum absolute atomic E-state index is 12.3. The molecule has 3 atom stereocenters. The molecule has 0 radical (unpaired) electrons. The highest BCUT2D eigenvalue weighted by molar-refractivity contribution is 5.80. The molecule has 0 aromatic rings. The van der Waals surface area contributed by atoms with Gasteiger partial charge in [-0.05, 0) is 18.3 Å². The number of aliphatic hydroxyl groups excluding tert-OH is 1. The zero-order chi connectivity index (χ0) is 12.3. The Hall–Kier alpha value is -0.610. The predicted octanol–water partition coefficient (Wildman–Crippen LogP) is 0.447. The number of amides is 1. The summed E-state index contributed by atoms with van der Waals surface area (Å²) in [6, 6.07) is -0.0136. The number of likely N-dealkylation sites (tertiary alicyclic amines) is 1. The number of carbonyl (C=O) groups is 1. The Morgan fingerprint density at radius 1 is 1.56 bits per heavy atom. The van der Waals surface area contributed by atoms with E-state index in [0.29, 0.717) is 12.5 Å². The van der Waals surface area contributed by atoms with Gasteiger partial charge in [0.15, 0.2) is 0 Å². The molecule has 4 heteroatoms. The average molecular weight is 228 g/mol. The summed E-state index contributed by atoms with van der Waals surface area (Å²) in [7, 11) is 0. The van der Waals surface area contributed by atoms with Gasteiger partial charge in [0.05, 0.1) is 18.6 Å². The number of nitrogens with zero attached hydrogens (tertiary/aromatic N) is 1. The minimum absolute atomic E-state index is 0.0136. The number of nitrogens with two attached hydrogens (primary N) is 1. The maximum Gasteiger partial charge on any atom is 0.227 e. The SMILES string of the molecule is CC(C)C(CN)C(=O)N1CCC(C)C1CO. The topological polar surface area (TPSA) is 66.6 Å². The van der Waals surface area contributed by atoms with Gasteiger partial charge in [-0.1, -0.05) is 20.8 Å². The van der Waals surface area contributed by atoms with E-state index >= 15 is 0 Å². The minimum atomic E-state index is -0.112. The van der Waals surface area contributed by atoms with Crippen LogP contribution in [0, 0.1) is 17.8 Å². The van der Waals surface area contributed by atoms with Crippen LogP contribution in [0.2, 0.25) is 0 Å². The lowest BCUT2D eigenvalue weighted by molar-refractivity contribution is -0.138. The van der Waals surface area contributed by atoms with Crippen LogP contribution in [0.4, 0.5) is 0 Å². The Morgan fingerprint density at radius 2 is 2.19 bits per heavy atom. The van der Waals surface area contributed by atoms with Gasteiger partial charge in [0, 0.05) is 13.1 Å². The van der Waals surface area contributed by atoms with Gasteiger partial charge < -0.3 is 15.7 Å². The van der Waals surface area contributed by atoms with E-state index in [1.54, 1.807) is 0 Å². The van der Waals surface area contributed by atoms with Crippen LogP contribution in [-0.4, -0.2) is 41.7 Å². The molecule has 0 bridgehead atoms. The average Bonchev–Trinajstić information content (AvgIpc) is 2.59. The summed E-state index contributed by atoms with van der Waals surface area (Å²) >= 11 is 0. The van der Waals surface area contributed by atoms with Gasteiger partial charge in [-0.2, -0.15) is 0 Å². The van der Waals surface area contributed by atoms with Gasteiger partial charge in [0.25, 0.3) is 0 Å². The maximum atomic E-state index is 12.3. The standard InChI is InChI=1S/C12H24N2O2/c1-8(2)10(6-13)12(16)14-5-4-9(3)11(14)7-15/h8-11,15H,4-7,13H2,1-3H3. The number of rotatable bonds is 4. The van der Waals surface area contributed by atoms with E-state index in [-0.39, 0.29) is 30.4 Å². The molecule has 3 N–H and O–H groups in total. The van der Waals surface area contributed by atoms with Crippen LogP contribution in [-0.2, 0) is 4.79 Å². The first kappa shape index (κ1) is 13.5. The van der Waals surface area contributed by atoms with E-state index in [1.165, 1.54) is 0 Å². The summed E-state index contributed by atoms with van der Waals surface area (Å²) in [5.41, 5.74) is 5.65. The lowest BCUT2D eigenvalue weighted by atomic mass is 9.94. The monoisotopic (exact) mass is 228 g/mol. The zero-order valence-corrected chi connectivity index (χ0v) is 10.5. The van der Waals surface area contributed by atoms with E-state index < -0.39 is 0 Å². The Kier molecular flexibility index (Phi) is 4.74.